The van der Waals surface area contributed by atoms with Gasteiger partial charge in [-0.15, -0.1) is 0 Å². The fourth-order valence-electron chi connectivity index (χ4n) is 1.93. The molecule has 1 rings (SSSR count). The lowest BCUT2D eigenvalue weighted by atomic mass is 9.93. The Bertz CT molecular complexity index is 465. The largest absolute Gasteiger partial charge is 0.352 e. The van der Waals surface area contributed by atoms with E-state index >= 15 is 0 Å². The number of hydrogen-bond donors (Lipinski definition) is 2. The third-order valence-corrected chi connectivity index (χ3v) is 2.87. The Hall–Kier alpha value is -1.20. The minimum absolute atomic E-state index is 0.0271. The fourth-order valence-corrected chi connectivity index (χ4v) is 2.16. The molecule has 2 N–H and O–H groups in total. The molecule has 0 saturated carbocycles. The smallest absolute Gasteiger partial charge is 0.254 e. The van der Waals surface area contributed by atoms with Crippen LogP contribution in [0.4, 0.5) is 0 Å². The molecular formula is C13H21N3OS. The van der Waals surface area contributed by atoms with Crippen molar-refractivity contribution >= 4 is 18.1 Å². The summed E-state index contributed by atoms with van der Waals surface area (Å²) in [7, 11) is 4.05. The van der Waals surface area contributed by atoms with Gasteiger partial charge in [0.2, 0.25) is 0 Å². The number of H-pyrrole nitrogens is 1. The first kappa shape index (κ1) is 14.9. The lowest BCUT2D eigenvalue weighted by Crippen LogP contribution is -2.40. The van der Waals surface area contributed by atoms with Crippen LogP contribution in [0.15, 0.2) is 18.3 Å². The van der Waals surface area contributed by atoms with Crippen molar-refractivity contribution in [2.75, 3.05) is 27.2 Å². The normalized spacial score (nSPS) is 11.6. The molecule has 1 aromatic rings. The van der Waals surface area contributed by atoms with Crippen LogP contribution in [0.2, 0.25) is 0 Å². The summed E-state index contributed by atoms with van der Waals surface area (Å²) >= 11 is 5.08. The monoisotopic (exact) mass is 267 g/mol. The van der Waals surface area contributed by atoms with Gasteiger partial charge in [-0.3, -0.25) is 4.79 Å². The van der Waals surface area contributed by atoms with Gasteiger partial charge >= 0.3 is 0 Å². The highest BCUT2D eigenvalue weighted by Gasteiger charge is 2.20. The number of carbonyl (C=O) groups excluding carboxylic acids is 1. The summed E-state index contributed by atoms with van der Waals surface area (Å²) in [6.45, 7) is 5.78. The predicted molar refractivity (Wildman–Crippen MR) is 76.3 cm³/mol. The molecule has 0 aliphatic carbocycles. The molecule has 0 atom stereocenters. The summed E-state index contributed by atoms with van der Waals surface area (Å²) in [4.78, 5) is 17.0. The average molecular weight is 267 g/mol. The van der Waals surface area contributed by atoms with Crippen molar-refractivity contribution < 1.29 is 4.79 Å². The number of hydrogen-bond acceptors (Lipinski definition) is 3. The van der Waals surface area contributed by atoms with Crippen LogP contribution >= 0.6 is 12.2 Å². The molecule has 0 bridgehead atoms. The van der Waals surface area contributed by atoms with Crippen molar-refractivity contribution in [1.29, 1.82) is 0 Å². The zero-order valence-electron chi connectivity index (χ0n) is 11.4. The molecule has 0 radical (unpaired) electrons. The molecule has 1 aromatic heterocycles. The molecule has 100 valence electrons. The lowest BCUT2D eigenvalue weighted by Gasteiger charge is -2.28. The second-order valence-corrected chi connectivity index (χ2v) is 5.91. The van der Waals surface area contributed by atoms with Crippen LogP contribution in [0.1, 0.15) is 24.2 Å². The molecule has 1 heterocycles. The van der Waals surface area contributed by atoms with E-state index in [9.17, 15) is 4.79 Å². The maximum Gasteiger partial charge on any atom is 0.254 e. The van der Waals surface area contributed by atoms with Crippen LogP contribution in [-0.4, -0.2) is 43.0 Å². The van der Waals surface area contributed by atoms with Gasteiger partial charge in [0, 0.05) is 19.3 Å². The number of amides is 1. The van der Waals surface area contributed by atoms with Crippen molar-refractivity contribution in [3.63, 3.8) is 0 Å². The standard InChI is InChI=1S/C13H21N3OS/c1-13(2,9-16(3)4)8-15-11(17)10-6-5-7-14-12(10)18/h5-7H,8-9H2,1-4H3,(H,14,18)(H,15,17). The van der Waals surface area contributed by atoms with Gasteiger partial charge in [0.25, 0.3) is 5.91 Å². The summed E-state index contributed by atoms with van der Waals surface area (Å²) in [5.74, 6) is -0.122. The molecule has 0 spiro atoms. The van der Waals surface area contributed by atoms with Crippen LogP contribution < -0.4 is 5.32 Å². The van der Waals surface area contributed by atoms with E-state index in [1.165, 1.54) is 0 Å². The third kappa shape index (κ3) is 4.58. The number of nitrogens with one attached hydrogen (secondary N) is 2. The SMILES string of the molecule is CN(C)CC(C)(C)CNC(=O)c1ccc[nH]c1=S. The van der Waals surface area contributed by atoms with E-state index in [0.29, 0.717) is 16.7 Å². The molecule has 0 unspecified atom stereocenters. The highest BCUT2D eigenvalue weighted by Crippen LogP contribution is 2.14. The summed E-state index contributed by atoms with van der Waals surface area (Å²) < 4.78 is 0.473. The van der Waals surface area contributed by atoms with E-state index in [2.05, 4.69) is 29.0 Å². The summed E-state index contributed by atoms with van der Waals surface area (Å²) in [5.41, 5.74) is 0.548. The zero-order chi connectivity index (χ0) is 13.8. The molecule has 5 heteroatoms. The lowest BCUT2D eigenvalue weighted by molar-refractivity contribution is 0.0928. The molecule has 0 fully saturated rings. The summed E-state index contributed by atoms with van der Waals surface area (Å²) in [6.07, 6.45) is 1.72. The average Bonchev–Trinajstić information content (AvgIpc) is 2.25. The first-order valence-corrected chi connectivity index (χ1v) is 6.33. The molecule has 4 nitrogen and oxygen atoms in total. The van der Waals surface area contributed by atoms with E-state index in [1.807, 2.05) is 14.1 Å². The van der Waals surface area contributed by atoms with E-state index < -0.39 is 0 Å². The molecule has 18 heavy (non-hydrogen) atoms. The number of aromatic amines is 1. The molecule has 0 saturated heterocycles. The number of carbonyl (C=O) groups is 1. The highest BCUT2D eigenvalue weighted by molar-refractivity contribution is 7.71. The summed E-state index contributed by atoms with van der Waals surface area (Å²) in [6, 6.07) is 3.50. The van der Waals surface area contributed by atoms with Crippen LogP contribution in [0, 0.1) is 10.1 Å². The number of nitrogens with zero attached hydrogens (tertiary/aromatic N) is 1. The van der Waals surface area contributed by atoms with Crippen molar-refractivity contribution in [2.45, 2.75) is 13.8 Å². The van der Waals surface area contributed by atoms with Crippen molar-refractivity contribution in [2.24, 2.45) is 5.41 Å². The maximum atomic E-state index is 12.0. The Balaban J connectivity index is 2.62. The first-order chi connectivity index (χ1) is 8.32. The highest BCUT2D eigenvalue weighted by atomic mass is 32.1. The number of pyridine rings is 1. The maximum absolute atomic E-state index is 12.0. The van der Waals surface area contributed by atoms with Crippen LogP contribution in [-0.2, 0) is 0 Å². The molecule has 0 aliphatic heterocycles. The van der Waals surface area contributed by atoms with Gasteiger partial charge in [0.05, 0.1) is 5.56 Å². The van der Waals surface area contributed by atoms with Gasteiger partial charge in [0.1, 0.15) is 4.64 Å². The van der Waals surface area contributed by atoms with E-state index in [0.717, 1.165) is 6.54 Å². The van der Waals surface area contributed by atoms with Gasteiger partial charge in [-0.2, -0.15) is 0 Å². The minimum atomic E-state index is -0.122. The molecule has 0 aromatic carbocycles. The van der Waals surface area contributed by atoms with Gasteiger partial charge in [-0.05, 0) is 31.6 Å². The summed E-state index contributed by atoms with van der Waals surface area (Å²) in [5, 5.41) is 2.93. The topological polar surface area (TPSA) is 48.1 Å². The Morgan fingerprint density at radius 2 is 2.17 bits per heavy atom. The third-order valence-electron chi connectivity index (χ3n) is 2.53. The Labute approximate surface area is 113 Å². The molecule has 1 amide bonds. The second-order valence-electron chi connectivity index (χ2n) is 5.50. The van der Waals surface area contributed by atoms with Gasteiger partial charge in [-0.25, -0.2) is 0 Å². The predicted octanol–water partition coefficient (Wildman–Crippen LogP) is 2.06. The molecular weight excluding hydrogens is 246 g/mol. The van der Waals surface area contributed by atoms with Gasteiger partial charge in [-0.1, -0.05) is 26.1 Å². The number of aromatic nitrogens is 1. The van der Waals surface area contributed by atoms with E-state index in [1.54, 1.807) is 18.3 Å². The van der Waals surface area contributed by atoms with Crippen LogP contribution in [0.25, 0.3) is 0 Å². The first-order valence-electron chi connectivity index (χ1n) is 5.92. The van der Waals surface area contributed by atoms with Crippen LogP contribution in [0.3, 0.4) is 0 Å². The van der Waals surface area contributed by atoms with Crippen LogP contribution in [0.5, 0.6) is 0 Å². The number of rotatable bonds is 5. The van der Waals surface area contributed by atoms with Crippen molar-refractivity contribution in [3.8, 4) is 0 Å². The quantitative estimate of drug-likeness (QED) is 0.803. The Kier molecular flexibility index (Phi) is 5.04. The zero-order valence-corrected chi connectivity index (χ0v) is 12.2. The minimum Gasteiger partial charge on any atom is -0.352 e. The Morgan fingerprint density at radius 1 is 1.50 bits per heavy atom. The van der Waals surface area contributed by atoms with Crippen molar-refractivity contribution in [1.82, 2.24) is 15.2 Å². The van der Waals surface area contributed by atoms with E-state index in [-0.39, 0.29) is 11.3 Å². The van der Waals surface area contributed by atoms with Gasteiger partial charge < -0.3 is 15.2 Å². The van der Waals surface area contributed by atoms with Crippen molar-refractivity contribution in [3.05, 3.63) is 28.5 Å². The second kappa shape index (κ2) is 6.11. The van der Waals surface area contributed by atoms with E-state index in [4.69, 9.17) is 12.2 Å². The fraction of sp³-hybridized carbons (Fsp3) is 0.538. The molecule has 0 aliphatic rings. The Morgan fingerprint density at radius 3 is 2.72 bits per heavy atom. The van der Waals surface area contributed by atoms with Gasteiger partial charge in [0.15, 0.2) is 0 Å².